The first-order chi connectivity index (χ1) is 12.8. The number of ketones is 1. The molecule has 0 saturated carbocycles. The highest BCUT2D eigenvalue weighted by atomic mass is 32.2. The second kappa shape index (κ2) is 8.08. The summed E-state index contributed by atoms with van der Waals surface area (Å²) in [6.07, 6.45) is 2.04. The molecular formula is C19H27N3O4S. The number of nitrogens with zero attached hydrogens (tertiary/aromatic N) is 2. The van der Waals surface area contributed by atoms with Crippen molar-refractivity contribution in [2.75, 3.05) is 33.2 Å². The lowest BCUT2D eigenvalue weighted by molar-refractivity contribution is -0.137. The van der Waals surface area contributed by atoms with Crippen molar-refractivity contribution >= 4 is 21.7 Å². The van der Waals surface area contributed by atoms with Crippen LogP contribution in [0.25, 0.3) is 0 Å². The number of benzene rings is 1. The van der Waals surface area contributed by atoms with Crippen LogP contribution in [0.5, 0.6) is 0 Å². The molecule has 1 aromatic rings. The quantitative estimate of drug-likeness (QED) is 0.758. The molecule has 148 valence electrons. The molecule has 1 amide bonds. The summed E-state index contributed by atoms with van der Waals surface area (Å²) < 4.78 is 27.1. The van der Waals surface area contributed by atoms with Crippen LogP contribution in [0.15, 0.2) is 29.2 Å². The Kier molecular flexibility index (Phi) is 5.98. The third-order valence-electron chi connectivity index (χ3n) is 5.63. The van der Waals surface area contributed by atoms with Crippen LogP contribution in [0.3, 0.4) is 0 Å². The van der Waals surface area contributed by atoms with Crippen LogP contribution < -0.4 is 5.32 Å². The van der Waals surface area contributed by atoms with Gasteiger partial charge in [-0.3, -0.25) is 9.59 Å². The highest BCUT2D eigenvalue weighted by Crippen LogP contribution is 2.26. The average Bonchev–Trinajstić information content (AvgIpc) is 3.21. The molecule has 3 rings (SSSR count). The van der Waals surface area contributed by atoms with E-state index in [1.807, 2.05) is 11.9 Å². The summed E-state index contributed by atoms with van der Waals surface area (Å²) in [4.78, 5) is 26.1. The Morgan fingerprint density at radius 3 is 2.26 bits per heavy atom. The van der Waals surface area contributed by atoms with Crippen molar-refractivity contribution in [1.82, 2.24) is 14.5 Å². The van der Waals surface area contributed by atoms with Crippen molar-refractivity contribution in [3.63, 3.8) is 0 Å². The van der Waals surface area contributed by atoms with E-state index in [1.165, 1.54) is 35.5 Å². The molecule has 1 unspecified atom stereocenters. The van der Waals surface area contributed by atoms with E-state index in [2.05, 4.69) is 5.32 Å². The zero-order chi connectivity index (χ0) is 19.6. The lowest BCUT2D eigenvalue weighted by atomic mass is 9.96. The van der Waals surface area contributed by atoms with Gasteiger partial charge in [-0.2, -0.15) is 4.31 Å². The highest BCUT2D eigenvalue weighted by molar-refractivity contribution is 7.89. The summed E-state index contributed by atoms with van der Waals surface area (Å²) in [6.45, 7) is 3.88. The topological polar surface area (TPSA) is 86.8 Å². The predicted octanol–water partition coefficient (Wildman–Crippen LogP) is 1.11. The minimum Gasteiger partial charge on any atom is -0.341 e. The van der Waals surface area contributed by atoms with E-state index in [-0.39, 0.29) is 28.5 Å². The molecule has 0 bridgehead atoms. The van der Waals surface area contributed by atoms with Gasteiger partial charge < -0.3 is 10.2 Å². The second-order valence-electron chi connectivity index (χ2n) is 7.35. The smallest absolute Gasteiger partial charge is 0.243 e. The van der Waals surface area contributed by atoms with Gasteiger partial charge in [-0.05, 0) is 44.9 Å². The number of likely N-dealkylation sites (N-methyl/N-ethyl adjacent to an activating group) is 1. The molecule has 2 aliphatic heterocycles. The third-order valence-corrected chi connectivity index (χ3v) is 7.54. The minimum absolute atomic E-state index is 0.0974. The zero-order valence-electron chi connectivity index (χ0n) is 15.8. The zero-order valence-corrected chi connectivity index (χ0v) is 16.7. The van der Waals surface area contributed by atoms with Crippen molar-refractivity contribution in [3.8, 4) is 0 Å². The number of rotatable bonds is 5. The molecule has 2 fully saturated rings. The van der Waals surface area contributed by atoms with Gasteiger partial charge in [-0.25, -0.2) is 8.42 Å². The van der Waals surface area contributed by atoms with Crippen LogP contribution in [-0.4, -0.2) is 68.6 Å². The number of amides is 1. The summed E-state index contributed by atoms with van der Waals surface area (Å²) in [6, 6.07) is 6.26. The fourth-order valence-corrected chi connectivity index (χ4v) is 5.26. The van der Waals surface area contributed by atoms with Crippen LogP contribution in [-0.2, 0) is 14.8 Å². The standard InChI is InChI=1S/C19H27N3O4S/c1-14(23)15-3-5-18(6-4-15)27(25,26)22-11-8-16(9-12-22)19(24)21(2)17-7-10-20-13-17/h3-6,16-17,20H,7-13H2,1-2H3. The fourth-order valence-electron chi connectivity index (χ4n) is 3.79. The van der Waals surface area contributed by atoms with Crippen LogP contribution in [0.4, 0.5) is 0 Å². The van der Waals surface area contributed by atoms with E-state index in [4.69, 9.17) is 0 Å². The first-order valence-corrected chi connectivity index (χ1v) is 10.8. The molecule has 2 heterocycles. The maximum absolute atomic E-state index is 12.8. The maximum atomic E-state index is 12.8. The van der Waals surface area contributed by atoms with Gasteiger partial charge in [0.2, 0.25) is 15.9 Å². The SMILES string of the molecule is CC(=O)c1ccc(S(=O)(=O)N2CCC(C(=O)N(C)C3CCNC3)CC2)cc1. The number of hydrogen-bond acceptors (Lipinski definition) is 5. The van der Waals surface area contributed by atoms with Gasteiger partial charge in [0.25, 0.3) is 0 Å². The fraction of sp³-hybridized carbons (Fsp3) is 0.579. The van der Waals surface area contributed by atoms with E-state index < -0.39 is 10.0 Å². The van der Waals surface area contributed by atoms with Gasteiger partial charge >= 0.3 is 0 Å². The van der Waals surface area contributed by atoms with Crippen molar-refractivity contribution in [2.45, 2.75) is 37.1 Å². The van der Waals surface area contributed by atoms with Crippen molar-refractivity contribution < 1.29 is 18.0 Å². The molecule has 2 saturated heterocycles. The Morgan fingerprint density at radius 1 is 1.11 bits per heavy atom. The molecule has 0 spiro atoms. The van der Waals surface area contributed by atoms with Crippen LogP contribution in [0.1, 0.15) is 36.5 Å². The van der Waals surface area contributed by atoms with Gasteiger partial charge in [-0.1, -0.05) is 12.1 Å². The number of Topliss-reactive ketones (excluding diaryl/α,β-unsaturated/α-hetero) is 1. The molecule has 7 nitrogen and oxygen atoms in total. The maximum Gasteiger partial charge on any atom is 0.243 e. The third kappa shape index (κ3) is 4.23. The van der Waals surface area contributed by atoms with Gasteiger partial charge in [0.1, 0.15) is 0 Å². The van der Waals surface area contributed by atoms with Crippen molar-refractivity contribution in [2.24, 2.45) is 5.92 Å². The summed E-state index contributed by atoms with van der Waals surface area (Å²) in [5.41, 5.74) is 0.489. The Morgan fingerprint density at radius 2 is 1.74 bits per heavy atom. The molecule has 0 aliphatic carbocycles. The number of piperidine rings is 1. The number of hydrogen-bond donors (Lipinski definition) is 1. The lowest BCUT2D eigenvalue weighted by Gasteiger charge is -2.34. The molecular weight excluding hydrogens is 366 g/mol. The Labute approximate surface area is 160 Å². The Hall–Kier alpha value is -1.77. The second-order valence-corrected chi connectivity index (χ2v) is 9.29. The number of sulfonamides is 1. The first-order valence-electron chi connectivity index (χ1n) is 9.39. The monoisotopic (exact) mass is 393 g/mol. The van der Waals surface area contributed by atoms with Crippen LogP contribution >= 0.6 is 0 Å². The van der Waals surface area contributed by atoms with E-state index in [0.717, 1.165) is 19.5 Å². The van der Waals surface area contributed by atoms with E-state index in [1.54, 1.807) is 0 Å². The van der Waals surface area contributed by atoms with Crippen LogP contribution in [0, 0.1) is 5.92 Å². The first kappa shape index (κ1) is 20.0. The highest BCUT2D eigenvalue weighted by Gasteiger charge is 2.35. The van der Waals surface area contributed by atoms with E-state index in [0.29, 0.717) is 31.5 Å². The Balaban J connectivity index is 1.62. The number of carbonyl (C=O) groups is 2. The summed E-state index contributed by atoms with van der Waals surface area (Å²) in [7, 11) is -1.76. The number of nitrogens with one attached hydrogen (secondary N) is 1. The molecule has 0 radical (unpaired) electrons. The van der Waals surface area contributed by atoms with Crippen LogP contribution in [0.2, 0.25) is 0 Å². The van der Waals surface area contributed by atoms with Crippen molar-refractivity contribution in [3.05, 3.63) is 29.8 Å². The van der Waals surface area contributed by atoms with Gasteiger partial charge in [0.05, 0.1) is 4.90 Å². The normalized spacial score (nSPS) is 21.9. The average molecular weight is 394 g/mol. The van der Waals surface area contributed by atoms with Gasteiger partial charge in [0.15, 0.2) is 5.78 Å². The largest absolute Gasteiger partial charge is 0.341 e. The molecule has 2 aliphatic rings. The Bertz CT molecular complexity index is 793. The molecule has 1 aromatic carbocycles. The van der Waals surface area contributed by atoms with E-state index >= 15 is 0 Å². The molecule has 1 N–H and O–H groups in total. The molecule has 27 heavy (non-hydrogen) atoms. The van der Waals surface area contributed by atoms with Crippen molar-refractivity contribution in [1.29, 1.82) is 0 Å². The number of carbonyl (C=O) groups excluding carboxylic acids is 2. The molecule has 8 heteroatoms. The summed E-state index contributed by atoms with van der Waals surface area (Å²) >= 11 is 0. The minimum atomic E-state index is -3.60. The summed E-state index contributed by atoms with van der Waals surface area (Å²) in [5.74, 6) is -0.103. The van der Waals surface area contributed by atoms with E-state index in [9.17, 15) is 18.0 Å². The molecule has 1 atom stereocenters. The summed E-state index contributed by atoms with van der Waals surface area (Å²) in [5, 5.41) is 3.26. The predicted molar refractivity (Wildman–Crippen MR) is 102 cm³/mol. The van der Waals surface area contributed by atoms with Gasteiger partial charge in [-0.15, -0.1) is 0 Å². The van der Waals surface area contributed by atoms with Gasteiger partial charge in [0, 0.05) is 44.2 Å². The lowest BCUT2D eigenvalue weighted by Crippen LogP contribution is -2.46. The molecule has 0 aromatic heterocycles.